The van der Waals surface area contributed by atoms with Gasteiger partial charge in [0.2, 0.25) is 0 Å². The Bertz CT molecular complexity index is 555. The van der Waals surface area contributed by atoms with Gasteiger partial charge in [-0.25, -0.2) is 4.39 Å². The summed E-state index contributed by atoms with van der Waals surface area (Å²) in [6.45, 7) is 1.90. The second-order valence-corrected chi connectivity index (χ2v) is 4.23. The zero-order chi connectivity index (χ0) is 12.4. The van der Waals surface area contributed by atoms with Gasteiger partial charge in [0, 0.05) is 11.4 Å². The summed E-state index contributed by atoms with van der Waals surface area (Å²) in [5, 5.41) is 3.59. The van der Waals surface area contributed by atoms with Crippen LogP contribution >= 0.6 is 11.6 Å². The third-order valence-corrected chi connectivity index (χ3v) is 2.77. The van der Waals surface area contributed by atoms with Crippen molar-refractivity contribution in [2.75, 3.05) is 11.1 Å². The van der Waals surface area contributed by atoms with E-state index >= 15 is 0 Å². The topological polar surface area (TPSA) is 38.0 Å². The van der Waals surface area contributed by atoms with Gasteiger partial charge in [-0.1, -0.05) is 17.7 Å². The van der Waals surface area contributed by atoms with E-state index in [1.165, 1.54) is 12.1 Å². The molecule has 2 rings (SSSR count). The lowest BCUT2D eigenvalue weighted by Crippen LogP contribution is -1.95. The molecular formula is C13H12ClFN2. The highest BCUT2D eigenvalue weighted by Crippen LogP contribution is 2.28. The molecule has 2 aromatic carbocycles. The first-order valence-electron chi connectivity index (χ1n) is 5.14. The maximum Gasteiger partial charge on any atom is 0.125 e. The molecule has 0 spiro atoms. The van der Waals surface area contributed by atoms with Gasteiger partial charge in [-0.3, -0.25) is 0 Å². The molecule has 0 saturated carbocycles. The third-order valence-electron chi connectivity index (χ3n) is 2.46. The molecule has 0 fully saturated rings. The Labute approximate surface area is 104 Å². The first-order chi connectivity index (χ1) is 8.06. The smallest absolute Gasteiger partial charge is 0.125 e. The van der Waals surface area contributed by atoms with E-state index in [1.54, 1.807) is 24.3 Å². The number of hydrogen-bond donors (Lipinski definition) is 2. The van der Waals surface area contributed by atoms with Gasteiger partial charge < -0.3 is 11.1 Å². The first kappa shape index (κ1) is 11.7. The van der Waals surface area contributed by atoms with E-state index in [9.17, 15) is 4.39 Å². The molecule has 0 aliphatic rings. The van der Waals surface area contributed by atoms with Crippen LogP contribution in [0, 0.1) is 12.7 Å². The fraction of sp³-hybridized carbons (Fsp3) is 0.0769. The van der Waals surface area contributed by atoms with Gasteiger partial charge in [0.05, 0.1) is 10.7 Å². The fourth-order valence-corrected chi connectivity index (χ4v) is 1.74. The molecule has 2 aromatic rings. The summed E-state index contributed by atoms with van der Waals surface area (Å²) < 4.78 is 13.1. The maximum atomic E-state index is 13.1. The number of aryl methyl sites for hydroxylation is 1. The summed E-state index contributed by atoms with van der Waals surface area (Å²) in [6.07, 6.45) is 0. The van der Waals surface area contributed by atoms with Crippen molar-refractivity contribution in [1.29, 1.82) is 0 Å². The quantitative estimate of drug-likeness (QED) is 0.787. The van der Waals surface area contributed by atoms with E-state index < -0.39 is 0 Å². The second kappa shape index (κ2) is 4.63. The molecule has 0 aliphatic heterocycles. The van der Waals surface area contributed by atoms with Gasteiger partial charge in [-0.05, 0) is 42.8 Å². The zero-order valence-electron chi connectivity index (χ0n) is 9.30. The average Bonchev–Trinajstić information content (AvgIpc) is 2.27. The van der Waals surface area contributed by atoms with E-state index in [2.05, 4.69) is 5.32 Å². The molecule has 0 aliphatic carbocycles. The van der Waals surface area contributed by atoms with Crippen LogP contribution < -0.4 is 11.1 Å². The molecule has 0 amide bonds. The lowest BCUT2D eigenvalue weighted by atomic mass is 10.2. The lowest BCUT2D eigenvalue weighted by Gasteiger charge is -2.11. The molecule has 4 heteroatoms. The Morgan fingerprint density at radius 3 is 2.59 bits per heavy atom. The van der Waals surface area contributed by atoms with Gasteiger partial charge in [-0.2, -0.15) is 0 Å². The number of hydrogen-bond acceptors (Lipinski definition) is 2. The number of rotatable bonds is 2. The first-order valence-corrected chi connectivity index (χ1v) is 5.52. The summed E-state index contributed by atoms with van der Waals surface area (Å²) in [5.41, 5.74) is 8.54. The van der Waals surface area contributed by atoms with Crippen LogP contribution in [0.2, 0.25) is 5.02 Å². The van der Waals surface area contributed by atoms with Crippen molar-refractivity contribution >= 4 is 28.7 Å². The van der Waals surface area contributed by atoms with Gasteiger partial charge >= 0.3 is 0 Å². The van der Waals surface area contributed by atoms with Crippen molar-refractivity contribution in [2.45, 2.75) is 6.92 Å². The molecule has 0 unspecified atom stereocenters. The highest BCUT2D eigenvalue weighted by molar-refractivity contribution is 6.33. The largest absolute Gasteiger partial charge is 0.399 e. The molecule has 0 atom stereocenters. The van der Waals surface area contributed by atoms with Crippen LogP contribution in [0.5, 0.6) is 0 Å². The summed E-state index contributed by atoms with van der Waals surface area (Å²) in [7, 11) is 0. The van der Waals surface area contributed by atoms with Crippen molar-refractivity contribution in [3.05, 3.63) is 52.8 Å². The standard InChI is InChI=1S/C13H12ClFN2/c1-8-2-3-9(15)6-13(8)17-12-5-4-10(16)7-11(12)14/h2-7,17H,16H2,1H3. The van der Waals surface area contributed by atoms with Gasteiger partial charge in [0.25, 0.3) is 0 Å². The average molecular weight is 251 g/mol. The van der Waals surface area contributed by atoms with Gasteiger partial charge in [0.15, 0.2) is 0 Å². The minimum Gasteiger partial charge on any atom is -0.399 e. The molecule has 17 heavy (non-hydrogen) atoms. The van der Waals surface area contributed by atoms with E-state index in [1.807, 2.05) is 6.92 Å². The number of nitrogen functional groups attached to an aromatic ring is 1. The number of nitrogens with one attached hydrogen (secondary N) is 1. The number of halogens is 2. The number of benzene rings is 2. The predicted octanol–water partition coefficient (Wildman–Crippen LogP) is 4.11. The normalized spacial score (nSPS) is 10.3. The highest BCUT2D eigenvalue weighted by atomic mass is 35.5. The highest BCUT2D eigenvalue weighted by Gasteiger charge is 2.04. The molecule has 2 nitrogen and oxygen atoms in total. The summed E-state index contributed by atoms with van der Waals surface area (Å²) in [5.74, 6) is -0.287. The molecule has 3 N–H and O–H groups in total. The minimum absolute atomic E-state index is 0.287. The van der Waals surface area contributed by atoms with E-state index in [0.717, 1.165) is 5.56 Å². The Morgan fingerprint density at radius 2 is 1.88 bits per heavy atom. The van der Waals surface area contributed by atoms with Crippen molar-refractivity contribution in [2.24, 2.45) is 0 Å². The monoisotopic (exact) mass is 250 g/mol. The van der Waals surface area contributed by atoms with Gasteiger partial charge in [-0.15, -0.1) is 0 Å². The Balaban J connectivity index is 2.34. The van der Waals surface area contributed by atoms with Crippen molar-refractivity contribution < 1.29 is 4.39 Å². The van der Waals surface area contributed by atoms with E-state index in [4.69, 9.17) is 17.3 Å². The molecule has 0 aromatic heterocycles. The minimum atomic E-state index is -0.287. The summed E-state index contributed by atoms with van der Waals surface area (Å²) >= 11 is 6.04. The maximum absolute atomic E-state index is 13.1. The SMILES string of the molecule is Cc1ccc(F)cc1Nc1ccc(N)cc1Cl. The van der Waals surface area contributed by atoms with Crippen molar-refractivity contribution in [3.8, 4) is 0 Å². The van der Waals surface area contributed by atoms with Crippen LogP contribution in [0.25, 0.3) is 0 Å². The van der Waals surface area contributed by atoms with Crippen LogP contribution in [-0.2, 0) is 0 Å². The zero-order valence-corrected chi connectivity index (χ0v) is 10.1. The van der Waals surface area contributed by atoms with Crippen LogP contribution in [0.4, 0.5) is 21.5 Å². The Kier molecular flexibility index (Phi) is 3.20. The Morgan fingerprint density at radius 1 is 1.12 bits per heavy atom. The van der Waals surface area contributed by atoms with Crippen LogP contribution in [-0.4, -0.2) is 0 Å². The molecular weight excluding hydrogens is 239 g/mol. The van der Waals surface area contributed by atoms with Crippen molar-refractivity contribution in [1.82, 2.24) is 0 Å². The molecule has 0 radical (unpaired) electrons. The molecule has 0 saturated heterocycles. The van der Waals surface area contributed by atoms with Crippen LogP contribution in [0.1, 0.15) is 5.56 Å². The van der Waals surface area contributed by atoms with Crippen LogP contribution in [0.3, 0.4) is 0 Å². The summed E-state index contributed by atoms with van der Waals surface area (Å²) in [6, 6.07) is 9.72. The number of nitrogens with two attached hydrogens (primary N) is 1. The Hall–Kier alpha value is -1.74. The van der Waals surface area contributed by atoms with E-state index in [-0.39, 0.29) is 5.82 Å². The van der Waals surface area contributed by atoms with Crippen LogP contribution in [0.15, 0.2) is 36.4 Å². The van der Waals surface area contributed by atoms with Crippen molar-refractivity contribution in [3.63, 3.8) is 0 Å². The molecule has 0 heterocycles. The molecule has 88 valence electrons. The lowest BCUT2D eigenvalue weighted by molar-refractivity contribution is 0.628. The number of anilines is 3. The van der Waals surface area contributed by atoms with Gasteiger partial charge in [0.1, 0.15) is 5.82 Å². The third kappa shape index (κ3) is 2.68. The fourth-order valence-electron chi connectivity index (χ4n) is 1.51. The van der Waals surface area contributed by atoms with E-state index in [0.29, 0.717) is 22.1 Å². The summed E-state index contributed by atoms with van der Waals surface area (Å²) in [4.78, 5) is 0. The second-order valence-electron chi connectivity index (χ2n) is 3.82. The molecule has 0 bridgehead atoms. The predicted molar refractivity (Wildman–Crippen MR) is 70.3 cm³/mol.